The summed E-state index contributed by atoms with van der Waals surface area (Å²) in [5, 5.41) is 2.85. The number of hydrogen-bond acceptors (Lipinski definition) is 5. The molecule has 0 fully saturated rings. The summed E-state index contributed by atoms with van der Waals surface area (Å²) in [5.74, 6) is 1.68. The number of carbonyl (C=O) groups is 1. The summed E-state index contributed by atoms with van der Waals surface area (Å²) in [6.07, 6.45) is 0. The highest BCUT2D eigenvalue weighted by Crippen LogP contribution is 2.36. The van der Waals surface area contributed by atoms with Crippen LogP contribution in [0.5, 0.6) is 5.75 Å². The Kier molecular flexibility index (Phi) is 5.19. The lowest BCUT2D eigenvalue weighted by Gasteiger charge is -2.04. The van der Waals surface area contributed by atoms with Gasteiger partial charge in [0.1, 0.15) is 16.4 Å². The fourth-order valence-electron chi connectivity index (χ4n) is 2.39. The average molecular weight is 356 g/mol. The van der Waals surface area contributed by atoms with E-state index in [2.05, 4.69) is 10.3 Å². The first-order valence-electron chi connectivity index (χ1n) is 8.11. The summed E-state index contributed by atoms with van der Waals surface area (Å²) in [6.45, 7) is 6.38. The average Bonchev–Trinajstić information content (AvgIpc) is 3.18. The van der Waals surface area contributed by atoms with Crippen LogP contribution in [0.3, 0.4) is 0 Å². The van der Waals surface area contributed by atoms with Gasteiger partial charge in [0, 0.05) is 4.88 Å². The molecule has 2 aromatic heterocycles. The van der Waals surface area contributed by atoms with Gasteiger partial charge in [-0.1, -0.05) is 30.3 Å². The van der Waals surface area contributed by atoms with Crippen molar-refractivity contribution in [2.75, 3.05) is 6.61 Å². The van der Waals surface area contributed by atoms with Crippen LogP contribution in [0, 0.1) is 13.8 Å². The van der Waals surface area contributed by atoms with Gasteiger partial charge in [-0.05, 0) is 32.4 Å². The van der Waals surface area contributed by atoms with Crippen LogP contribution in [-0.2, 0) is 6.54 Å². The number of nitrogens with zero attached hydrogens (tertiary/aromatic N) is 1. The van der Waals surface area contributed by atoms with E-state index < -0.39 is 0 Å². The highest BCUT2D eigenvalue weighted by Gasteiger charge is 2.19. The lowest BCUT2D eigenvalue weighted by Crippen LogP contribution is -2.22. The van der Waals surface area contributed by atoms with Gasteiger partial charge in [-0.15, -0.1) is 11.3 Å². The minimum atomic E-state index is -0.191. The summed E-state index contributed by atoms with van der Waals surface area (Å²) in [5.41, 5.74) is 1.90. The lowest BCUT2D eigenvalue weighted by atomic mass is 10.2. The number of hydrogen-bond donors (Lipinski definition) is 1. The molecule has 0 bridgehead atoms. The van der Waals surface area contributed by atoms with Gasteiger partial charge in [0.15, 0.2) is 0 Å². The van der Waals surface area contributed by atoms with Gasteiger partial charge < -0.3 is 14.5 Å². The minimum absolute atomic E-state index is 0.191. The van der Waals surface area contributed by atoms with Crippen molar-refractivity contribution in [3.63, 3.8) is 0 Å². The fraction of sp³-hybridized carbons (Fsp3) is 0.263. The third-order valence-electron chi connectivity index (χ3n) is 3.74. The van der Waals surface area contributed by atoms with Gasteiger partial charge in [0.25, 0.3) is 5.91 Å². The lowest BCUT2D eigenvalue weighted by molar-refractivity contribution is 0.0948. The number of nitrogens with one attached hydrogen (secondary N) is 1. The van der Waals surface area contributed by atoms with Crippen molar-refractivity contribution in [3.05, 3.63) is 58.6 Å². The topological polar surface area (TPSA) is 64.4 Å². The van der Waals surface area contributed by atoms with Gasteiger partial charge in [0.2, 0.25) is 5.89 Å². The number of benzene rings is 1. The molecule has 0 spiro atoms. The van der Waals surface area contributed by atoms with Gasteiger partial charge in [-0.2, -0.15) is 0 Å². The molecule has 0 atom stereocenters. The number of ether oxygens (including phenoxy) is 1. The number of aromatic nitrogens is 1. The smallest absolute Gasteiger partial charge is 0.265 e. The van der Waals surface area contributed by atoms with Crippen LogP contribution in [0.2, 0.25) is 0 Å². The number of amides is 1. The van der Waals surface area contributed by atoms with Crippen LogP contribution in [0.4, 0.5) is 0 Å². The first-order chi connectivity index (χ1) is 12.1. The molecule has 5 nitrogen and oxygen atoms in total. The molecule has 0 saturated carbocycles. The summed E-state index contributed by atoms with van der Waals surface area (Å²) in [6, 6.07) is 11.9. The monoisotopic (exact) mass is 356 g/mol. The fourth-order valence-corrected chi connectivity index (χ4v) is 3.41. The van der Waals surface area contributed by atoms with Crippen LogP contribution < -0.4 is 10.1 Å². The van der Waals surface area contributed by atoms with E-state index in [1.807, 2.05) is 57.2 Å². The van der Waals surface area contributed by atoms with E-state index in [9.17, 15) is 4.79 Å². The maximum absolute atomic E-state index is 12.6. The van der Waals surface area contributed by atoms with Crippen LogP contribution in [0.1, 0.15) is 33.9 Å². The number of aryl methyl sites for hydroxylation is 2. The van der Waals surface area contributed by atoms with E-state index in [-0.39, 0.29) is 12.5 Å². The zero-order chi connectivity index (χ0) is 17.8. The molecule has 0 aliphatic carbocycles. The number of rotatable bonds is 6. The molecule has 1 amide bonds. The minimum Gasteiger partial charge on any atom is -0.492 e. The first-order valence-corrected chi connectivity index (χ1v) is 8.93. The molecular formula is C19H20N2O3S. The van der Waals surface area contributed by atoms with E-state index in [1.54, 1.807) is 0 Å². The van der Waals surface area contributed by atoms with Crippen molar-refractivity contribution in [3.8, 4) is 16.2 Å². The van der Waals surface area contributed by atoms with Gasteiger partial charge >= 0.3 is 0 Å². The molecule has 1 aromatic carbocycles. The highest BCUT2D eigenvalue weighted by molar-refractivity contribution is 7.17. The van der Waals surface area contributed by atoms with Crippen molar-refractivity contribution in [2.24, 2.45) is 0 Å². The Morgan fingerprint density at radius 2 is 2.04 bits per heavy atom. The van der Waals surface area contributed by atoms with Gasteiger partial charge in [-0.25, -0.2) is 4.98 Å². The quantitative estimate of drug-likeness (QED) is 0.713. The third-order valence-corrected chi connectivity index (χ3v) is 4.90. The normalized spacial score (nSPS) is 10.7. The van der Waals surface area contributed by atoms with Gasteiger partial charge in [0.05, 0.1) is 18.8 Å². The van der Waals surface area contributed by atoms with Crippen molar-refractivity contribution < 1.29 is 13.9 Å². The van der Waals surface area contributed by atoms with Crippen molar-refractivity contribution in [2.45, 2.75) is 27.3 Å². The summed E-state index contributed by atoms with van der Waals surface area (Å²) < 4.78 is 11.1. The Balaban J connectivity index is 1.79. The second kappa shape index (κ2) is 7.53. The van der Waals surface area contributed by atoms with Crippen molar-refractivity contribution in [1.82, 2.24) is 10.3 Å². The van der Waals surface area contributed by atoms with Crippen LogP contribution in [0.15, 0.2) is 40.8 Å². The van der Waals surface area contributed by atoms with Gasteiger partial charge in [-0.3, -0.25) is 4.79 Å². The zero-order valence-electron chi connectivity index (χ0n) is 14.5. The molecule has 2 heterocycles. The SMILES string of the molecule is CCOc1cc(-c2ccccc2)sc1C(=O)NCc1nc(C)c(C)o1. The molecule has 0 saturated heterocycles. The summed E-state index contributed by atoms with van der Waals surface area (Å²) >= 11 is 1.42. The number of thiophene rings is 1. The predicted octanol–water partition coefficient (Wildman–Crippen LogP) is 4.35. The van der Waals surface area contributed by atoms with Crippen molar-refractivity contribution >= 4 is 17.2 Å². The Morgan fingerprint density at radius 1 is 1.28 bits per heavy atom. The number of oxazole rings is 1. The maximum atomic E-state index is 12.6. The Labute approximate surface area is 150 Å². The molecule has 3 aromatic rings. The predicted molar refractivity (Wildman–Crippen MR) is 98.1 cm³/mol. The Bertz CT molecular complexity index is 849. The van der Waals surface area contributed by atoms with Crippen LogP contribution in [0.25, 0.3) is 10.4 Å². The highest BCUT2D eigenvalue weighted by atomic mass is 32.1. The first kappa shape index (κ1) is 17.2. The molecule has 0 unspecified atom stereocenters. The standard InChI is InChI=1S/C19H20N2O3S/c1-4-23-15-10-16(14-8-6-5-7-9-14)25-18(15)19(22)20-11-17-21-12(2)13(3)24-17/h5-10H,4,11H2,1-3H3,(H,20,22). The maximum Gasteiger partial charge on any atom is 0.265 e. The molecule has 25 heavy (non-hydrogen) atoms. The third kappa shape index (κ3) is 3.91. The van der Waals surface area contributed by atoms with E-state index in [4.69, 9.17) is 9.15 Å². The molecule has 0 aliphatic rings. The second-order valence-corrected chi connectivity index (χ2v) is 6.59. The largest absolute Gasteiger partial charge is 0.492 e. The van der Waals surface area contributed by atoms with Crippen LogP contribution >= 0.6 is 11.3 Å². The molecule has 3 rings (SSSR count). The second-order valence-electron chi connectivity index (χ2n) is 5.53. The Morgan fingerprint density at radius 3 is 2.68 bits per heavy atom. The van der Waals surface area contributed by atoms with E-state index in [1.165, 1.54) is 11.3 Å². The van der Waals surface area contributed by atoms with E-state index in [0.29, 0.717) is 23.1 Å². The molecule has 6 heteroatoms. The molecule has 0 radical (unpaired) electrons. The molecular weight excluding hydrogens is 336 g/mol. The van der Waals surface area contributed by atoms with Crippen molar-refractivity contribution in [1.29, 1.82) is 0 Å². The number of carbonyl (C=O) groups excluding carboxylic acids is 1. The summed E-state index contributed by atoms with van der Waals surface area (Å²) in [7, 11) is 0. The molecule has 1 N–H and O–H groups in total. The summed E-state index contributed by atoms with van der Waals surface area (Å²) in [4.78, 5) is 18.4. The Hall–Kier alpha value is -2.60. The van der Waals surface area contributed by atoms with E-state index in [0.717, 1.165) is 21.9 Å². The van der Waals surface area contributed by atoms with E-state index >= 15 is 0 Å². The zero-order valence-corrected chi connectivity index (χ0v) is 15.3. The molecule has 130 valence electrons. The molecule has 0 aliphatic heterocycles. The van der Waals surface area contributed by atoms with Crippen LogP contribution in [-0.4, -0.2) is 17.5 Å².